The summed E-state index contributed by atoms with van der Waals surface area (Å²) in [6, 6.07) is 0.920. The van der Waals surface area contributed by atoms with Crippen molar-refractivity contribution in [3.05, 3.63) is 0 Å². The van der Waals surface area contributed by atoms with Crippen LogP contribution in [0.1, 0.15) is 39.0 Å². The van der Waals surface area contributed by atoms with Crippen LogP contribution in [-0.4, -0.2) is 35.3 Å². The van der Waals surface area contributed by atoms with E-state index in [4.69, 9.17) is 0 Å². The van der Waals surface area contributed by atoms with Crippen molar-refractivity contribution in [3.8, 4) is 0 Å². The fourth-order valence-corrected chi connectivity index (χ4v) is 2.83. The largest absolute Gasteiger partial charge is 0.392 e. The molecule has 0 amide bonds. The van der Waals surface area contributed by atoms with Crippen molar-refractivity contribution in [1.29, 1.82) is 0 Å². The highest BCUT2D eigenvalue weighted by atomic mass is 32.2. The Hall–Kier alpha value is 0.270. The Morgan fingerprint density at radius 3 is 2.71 bits per heavy atom. The van der Waals surface area contributed by atoms with Gasteiger partial charge in [-0.05, 0) is 25.5 Å². The molecule has 0 aromatic rings. The number of aliphatic hydroxyl groups excluding tert-OH is 1. The molecule has 1 aliphatic rings. The summed E-state index contributed by atoms with van der Waals surface area (Å²) in [6.07, 6.45) is 7.77. The average molecular weight is 217 g/mol. The average Bonchev–Trinajstić information content (AvgIpc) is 2.20. The Morgan fingerprint density at radius 2 is 2.14 bits per heavy atom. The zero-order valence-electron chi connectivity index (χ0n) is 9.33. The molecule has 1 unspecified atom stereocenters. The summed E-state index contributed by atoms with van der Waals surface area (Å²) in [5.74, 6) is 1.15. The van der Waals surface area contributed by atoms with Crippen molar-refractivity contribution in [2.45, 2.75) is 57.2 Å². The molecule has 0 heterocycles. The highest BCUT2D eigenvalue weighted by Crippen LogP contribution is 2.19. The molecule has 1 rings (SSSR count). The molecule has 0 aromatic carbocycles. The zero-order chi connectivity index (χ0) is 10.4. The van der Waals surface area contributed by atoms with Crippen LogP contribution in [-0.2, 0) is 0 Å². The van der Waals surface area contributed by atoms with Gasteiger partial charge in [0.2, 0.25) is 0 Å². The normalized spacial score (nSPS) is 30.2. The molecule has 2 nitrogen and oxygen atoms in total. The van der Waals surface area contributed by atoms with Crippen LogP contribution in [0, 0.1) is 0 Å². The molecule has 14 heavy (non-hydrogen) atoms. The van der Waals surface area contributed by atoms with Crippen LogP contribution in [0.4, 0.5) is 0 Å². The van der Waals surface area contributed by atoms with E-state index in [0.717, 1.165) is 25.0 Å². The van der Waals surface area contributed by atoms with E-state index in [0.29, 0.717) is 12.1 Å². The molecule has 1 aliphatic carbocycles. The predicted octanol–water partition coefficient (Wildman–Crippen LogP) is 2.02. The topological polar surface area (TPSA) is 32.3 Å². The van der Waals surface area contributed by atoms with Gasteiger partial charge in [0.1, 0.15) is 0 Å². The van der Waals surface area contributed by atoms with E-state index in [2.05, 4.69) is 18.5 Å². The van der Waals surface area contributed by atoms with Crippen LogP contribution in [0.15, 0.2) is 0 Å². The maximum absolute atomic E-state index is 9.81. The maximum atomic E-state index is 9.81. The molecule has 0 aliphatic heterocycles. The number of hydrogen-bond donors (Lipinski definition) is 2. The first-order valence-electron chi connectivity index (χ1n) is 5.71. The van der Waals surface area contributed by atoms with Crippen molar-refractivity contribution >= 4 is 11.8 Å². The van der Waals surface area contributed by atoms with Crippen LogP contribution in [0.3, 0.4) is 0 Å². The van der Waals surface area contributed by atoms with Crippen molar-refractivity contribution in [1.82, 2.24) is 5.32 Å². The van der Waals surface area contributed by atoms with E-state index in [-0.39, 0.29) is 6.10 Å². The van der Waals surface area contributed by atoms with Crippen molar-refractivity contribution in [2.24, 2.45) is 0 Å². The summed E-state index contributed by atoms with van der Waals surface area (Å²) in [6.45, 7) is 2.21. The van der Waals surface area contributed by atoms with Crippen molar-refractivity contribution < 1.29 is 5.11 Å². The summed E-state index contributed by atoms with van der Waals surface area (Å²) < 4.78 is 0. The number of nitrogens with one attached hydrogen (secondary N) is 1. The first kappa shape index (κ1) is 12.3. The van der Waals surface area contributed by atoms with Gasteiger partial charge in [0.25, 0.3) is 0 Å². The van der Waals surface area contributed by atoms with E-state index in [9.17, 15) is 5.11 Å². The first-order chi connectivity index (χ1) is 6.77. The van der Waals surface area contributed by atoms with Crippen LogP contribution < -0.4 is 5.32 Å². The predicted molar refractivity (Wildman–Crippen MR) is 63.9 cm³/mol. The van der Waals surface area contributed by atoms with E-state index in [1.165, 1.54) is 12.8 Å². The Balaban J connectivity index is 2.31. The second-order valence-corrected chi connectivity index (χ2v) is 5.10. The molecule has 3 heteroatoms. The number of hydrogen-bond acceptors (Lipinski definition) is 3. The molecule has 0 bridgehead atoms. The van der Waals surface area contributed by atoms with Crippen LogP contribution in [0.25, 0.3) is 0 Å². The molecule has 1 saturated carbocycles. The van der Waals surface area contributed by atoms with Crippen LogP contribution in [0.2, 0.25) is 0 Å². The van der Waals surface area contributed by atoms with E-state index >= 15 is 0 Å². The van der Waals surface area contributed by atoms with Gasteiger partial charge >= 0.3 is 0 Å². The number of thioether (sulfide) groups is 1. The van der Waals surface area contributed by atoms with E-state index in [1.54, 1.807) is 0 Å². The third-order valence-corrected chi connectivity index (χ3v) is 3.78. The van der Waals surface area contributed by atoms with E-state index < -0.39 is 0 Å². The molecule has 2 N–H and O–H groups in total. The Bertz CT molecular complexity index is 154. The van der Waals surface area contributed by atoms with Gasteiger partial charge in [0.15, 0.2) is 0 Å². The second kappa shape index (κ2) is 6.70. The van der Waals surface area contributed by atoms with Gasteiger partial charge in [-0.1, -0.05) is 19.8 Å². The van der Waals surface area contributed by atoms with Crippen molar-refractivity contribution in [3.63, 3.8) is 0 Å². The zero-order valence-corrected chi connectivity index (χ0v) is 10.1. The highest BCUT2D eigenvalue weighted by Gasteiger charge is 2.24. The summed E-state index contributed by atoms with van der Waals surface area (Å²) in [7, 11) is 0. The second-order valence-electron chi connectivity index (χ2n) is 4.19. The summed E-state index contributed by atoms with van der Waals surface area (Å²) in [4.78, 5) is 0. The molecule has 0 saturated heterocycles. The molecule has 0 radical (unpaired) electrons. The number of rotatable bonds is 5. The molecule has 1 fully saturated rings. The SMILES string of the molecule is CCC(CSC)N[C@H]1CCCC[C@@H]1O. The van der Waals surface area contributed by atoms with Gasteiger partial charge in [0, 0.05) is 17.8 Å². The van der Waals surface area contributed by atoms with Crippen LogP contribution >= 0.6 is 11.8 Å². The monoisotopic (exact) mass is 217 g/mol. The lowest BCUT2D eigenvalue weighted by Gasteiger charge is -2.31. The summed E-state index contributed by atoms with van der Waals surface area (Å²) in [5, 5.41) is 13.4. The molecule has 84 valence electrons. The minimum atomic E-state index is -0.111. The minimum Gasteiger partial charge on any atom is -0.392 e. The van der Waals surface area contributed by atoms with Crippen molar-refractivity contribution in [2.75, 3.05) is 12.0 Å². The fraction of sp³-hybridized carbons (Fsp3) is 1.00. The van der Waals surface area contributed by atoms with Crippen LogP contribution in [0.5, 0.6) is 0 Å². The minimum absolute atomic E-state index is 0.111. The molecule has 0 aromatic heterocycles. The molecule has 0 spiro atoms. The highest BCUT2D eigenvalue weighted by molar-refractivity contribution is 7.98. The maximum Gasteiger partial charge on any atom is 0.0693 e. The Labute approximate surface area is 91.9 Å². The lowest BCUT2D eigenvalue weighted by Crippen LogP contribution is -2.47. The van der Waals surface area contributed by atoms with Gasteiger partial charge in [-0.25, -0.2) is 0 Å². The summed E-state index contributed by atoms with van der Waals surface area (Å²) >= 11 is 1.88. The fourth-order valence-electron chi connectivity index (χ4n) is 2.09. The van der Waals surface area contributed by atoms with Gasteiger partial charge in [-0.2, -0.15) is 11.8 Å². The lowest BCUT2D eigenvalue weighted by atomic mass is 9.92. The standard InChI is InChI=1S/C11H23NOS/c1-3-9(8-14-2)12-10-6-4-5-7-11(10)13/h9-13H,3-8H2,1-2H3/t9?,10-,11-/m0/s1. The van der Waals surface area contributed by atoms with Gasteiger partial charge in [-0.3, -0.25) is 0 Å². The summed E-state index contributed by atoms with van der Waals surface area (Å²) in [5.41, 5.74) is 0. The lowest BCUT2D eigenvalue weighted by molar-refractivity contribution is 0.0860. The Kier molecular flexibility index (Phi) is 5.90. The van der Waals surface area contributed by atoms with Gasteiger partial charge in [-0.15, -0.1) is 0 Å². The molecular weight excluding hydrogens is 194 g/mol. The Morgan fingerprint density at radius 1 is 1.43 bits per heavy atom. The van der Waals surface area contributed by atoms with Gasteiger partial charge in [0.05, 0.1) is 6.10 Å². The molecular formula is C11H23NOS. The van der Waals surface area contributed by atoms with E-state index in [1.807, 2.05) is 11.8 Å². The third-order valence-electron chi connectivity index (χ3n) is 3.04. The smallest absolute Gasteiger partial charge is 0.0693 e. The van der Waals surface area contributed by atoms with Gasteiger partial charge < -0.3 is 10.4 Å². The number of aliphatic hydroxyl groups is 1. The first-order valence-corrected chi connectivity index (χ1v) is 7.10. The quantitative estimate of drug-likeness (QED) is 0.739. The molecule has 3 atom stereocenters. The third kappa shape index (κ3) is 3.79.